The first kappa shape index (κ1) is 24.4. The molecule has 0 spiro atoms. The molecule has 0 aromatic heterocycles. The molecule has 7 nitrogen and oxygen atoms in total. The van der Waals surface area contributed by atoms with E-state index < -0.39 is 32.1 Å². The smallest absolute Gasteiger partial charge is 0.859 e. The van der Waals surface area contributed by atoms with Crippen LogP contribution in [0, 0.1) is 13.8 Å². The summed E-state index contributed by atoms with van der Waals surface area (Å²) in [5.74, 6) is -1.21. The van der Waals surface area contributed by atoms with Gasteiger partial charge in [0.1, 0.15) is 6.10 Å². The van der Waals surface area contributed by atoms with Crippen LogP contribution in [0.1, 0.15) is 18.1 Å². The molecule has 0 heterocycles. The monoisotopic (exact) mass is 435 g/mol. The van der Waals surface area contributed by atoms with Gasteiger partial charge in [0.25, 0.3) is 20.1 Å². The van der Waals surface area contributed by atoms with Crippen molar-refractivity contribution in [1.82, 2.24) is 0 Å². The molecular formula is C17H18KNO6S2. The van der Waals surface area contributed by atoms with E-state index in [0.717, 1.165) is 18.1 Å². The van der Waals surface area contributed by atoms with E-state index in [4.69, 9.17) is 4.18 Å². The molecule has 0 bridgehead atoms. The zero-order valence-corrected chi connectivity index (χ0v) is 20.2. The molecule has 0 radical (unpaired) electrons. The number of hydrogen-bond donors (Lipinski definition) is 0. The van der Waals surface area contributed by atoms with Gasteiger partial charge in [0.15, 0.2) is 0 Å². The van der Waals surface area contributed by atoms with Gasteiger partial charge in [0.05, 0.1) is 9.79 Å². The zero-order valence-electron chi connectivity index (χ0n) is 15.4. The number of sulfonamides is 1. The van der Waals surface area contributed by atoms with Crippen molar-refractivity contribution in [3.8, 4) is 0 Å². The van der Waals surface area contributed by atoms with Gasteiger partial charge in [0, 0.05) is 5.90 Å². The number of rotatable bonds is 6. The zero-order chi connectivity index (χ0) is 19.5. The van der Waals surface area contributed by atoms with Crippen molar-refractivity contribution < 1.29 is 77.5 Å². The Morgan fingerprint density at radius 3 is 1.74 bits per heavy atom. The van der Waals surface area contributed by atoms with Crippen LogP contribution in [0.4, 0.5) is 0 Å². The number of aryl methyl sites for hydroxylation is 2. The molecule has 0 aliphatic heterocycles. The van der Waals surface area contributed by atoms with Crippen molar-refractivity contribution in [2.45, 2.75) is 36.7 Å². The van der Waals surface area contributed by atoms with Gasteiger partial charge in [-0.1, -0.05) is 35.4 Å². The van der Waals surface area contributed by atoms with Crippen molar-refractivity contribution >= 4 is 26.0 Å². The van der Waals surface area contributed by atoms with Crippen LogP contribution in [-0.4, -0.2) is 28.8 Å². The van der Waals surface area contributed by atoms with Gasteiger partial charge in [-0.3, -0.25) is 4.18 Å². The summed E-state index contributed by atoms with van der Waals surface area (Å²) in [4.78, 5) is -0.297. The molecule has 1 atom stereocenters. The summed E-state index contributed by atoms with van der Waals surface area (Å²) in [6.45, 7) is 4.70. The summed E-state index contributed by atoms with van der Waals surface area (Å²) in [7, 11) is -8.47. The average Bonchev–Trinajstić information content (AvgIpc) is 2.54. The van der Waals surface area contributed by atoms with Crippen LogP contribution in [0.25, 0.3) is 0 Å². The van der Waals surface area contributed by atoms with E-state index in [-0.39, 0.29) is 61.2 Å². The summed E-state index contributed by atoms with van der Waals surface area (Å²) in [6.07, 6.45) is -1.58. The Labute approximate surface area is 202 Å². The number of nitrogens with zero attached hydrogens (tertiary/aromatic N) is 1. The standard InChI is InChI=1S/C17H19NO6S2.K/c1-12-4-8-15(9-5-12)25(20,21)18-17(19)14(3)24-26(22,23)16-10-6-13(2)7-11-16;/h4-11,14H,1-3H3,(H,18,19);/q;+1/p-1/t14-;/m1./s1. The third kappa shape index (κ3) is 6.75. The third-order valence-corrected chi connectivity index (χ3v) is 6.14. The van der Waals surface area contributed by atoms with Crippen LogP contribution in [-0.2, 0) is 24.3 Å². The second kappa shape index (κ2) is 9.75. The fraction of sp³-hybridized carbons (Fsp3) is 0.235. The predicted molar refractivity (Wildman–Crippen MR) is 94.7 cm³/mol. The molecule has 27 heavy (non-hydrogen) atoms. The quantitative estimate of drug-likeness (QED) is 0.237. The molecule has 0 amide bonds. The Balaban J connectivity index is 0.00000364. The predicted octanol–water partition coefficient (Wildman–Crippen LogP) is -1.45. The van der Waals surface area contributed by atoms with Crippen molar-refractivity contribution in [3.63, 3.8) is 0 Å². The van der Waals surface area contributed by atoms with Crippen molar-refractivity contribution in [3.05, 3.63) is 59.7 Å². The molecule has 0 N–H and O–H groups in total. The van der Waals surface area contributed by atoms with E-state index >= 15 is 0 Å². The van der Waals surface area contributed by atoms with Crippen molar-refractivity contribution in [2.75, 3.05) is 0 Å². The Hall–Kier alpha value is -0.594. The van der Waals surface area contributed by atoms with E-state index in [2.05, 4.69) is 4.40 Å². The van der Waals surface area contributed by atoms with Gasteiger partial charge >= 0.3 is 51.4 Å². The van der Waals surface area contributed by atoms with Gasteiger partial charge in [-0.15, -0.1) is 0 Å². The minimum absolute atomic E-state index is 0. The fourth-order valence-electron chi connectivity index (χ4n) is 1.95. The molecule has 0 unspecified atom stereocenters. The van der Waals surface area contributed by atoms with Crippen molar-refractivity contribution in [1.29, 1.82) is 0 Å². The van der Waals surface area contributed by atoms with Crippen molar-refractivity contribution in [2.24, 2.45) is 4.40 Å². The second-order valence-corrected chi connectivity index (χ2v) is 8.90. The summed E-state index contributed by atoms with van der Waals surface area (Å²) in [5.41, 5.74) is 1.70. The summed E-state index contributed by atoms with van der Waals surface area (Å²) in [5, 5.41) is 12.0. The van der Waals surface area contributed by atoms with Crippen LogP contribution < -0.4 is 56.5 Å². The van der Waals surface area contributed by atoms with E-state index in [1.54, 1.807) is 38.1 Å². The minimum Gasteiger partial charge on any atom is -0.859 e. The largest absolute Gasteiger partial charge is 1.00 e. The van der Waals surface area contributed by atoms with Crippen LogP contribution in [0.15, 0.2) is 62.7 Å². The van der Waals surface area contributed by atoms with Crippen LogP contribution in [0.2, 0.25) is 0 Å². The Kier molecular flexibility index (Phi) is 8.82. The maximum atomic E-state index is 12.2. The van der Waals surface area contributed by atoms with Gasteiger partial charge in [0.2, 0.25) is 0 Å². The molecule has 140 valence electrons. The van der Waals surface area contributed by atoms with Crippen LogP contribution >= 0.6 is 0 Å². The molecule has 0 saturated heterocycles. The molecule has 2 rings (SSSR count). The first-order valence-corrected chi connectivity index (χ1v) is 10.4. The molecule has 2 aromatic carbocycles. The second-order valence-electron chi connectivity index (χ2n) is 5.72. The van der Waals surface area contributed by atoms with Crippen LogP contribution in [0.3, 0.4) is 0 Å². The van der Waals surface area contributed by atoms with Gasteiger partial charge in [-0.05, 0) is 45.0 Å². The molecular weight excluding hydrogens is 417 g/mol. The summed E-state index contributed by atoms with van der Waals surface area (Å²) < 4.78 is 56.5. The van der Waals surface area contributed by atoms with Crippen LogP contribution in [0.5, 0.6) is 0 Å². The molecule has 0 fully saturated rings. The molecule has 0 saturated carbocycles. The first-order valence-electron chi connectivity index (χ1n) is 7.60. The minimum atomic E-state index is -4.25. The summed E-state index contributed by atoms with van der Waals surface area (Å²) in [6, 6.07) is 11.6. The van der Waals surface area contributed by atoms with E-state index in [0.29, 0.717) is 0 Å². The molecule has 0 aliphatic carbocycles. The molecule has 10 heteroatoms. The Morgan fingerprint density at radius 1 is 0.889 bits per heavy atom. The maximum absolute atomic E-state index is 12.2. The number of benzene rings is 2. The maximum Gasteiger partial charge on any atom is 1.00 e. The Bertz CT molecular complexity index is 1010. The van der Waals surface area contributed by atoms with Gasteiger partial charge in [-0.25, -0.2) is 0 Å². The first-order chi connectivity index (χ1) is 12.0. The third-order valence-electron chi connectivity index (χ3n) is 3.46. The number of hydrogen-bond acceptors (Lipinski definition) is 6. The Morgan fingerprint density at radius 2 is 1.30 bits per heavy atom. The van der Waals surface area contributed by atoms with Gasteiger partial charge in [-0.2, -0.15) is 21.2 Å². The summed E-state index contributed by atoms with van der Waals surface area (Å²) >= 11 is 0. The van der Waals surface area contributed by atoms with E-state index in [1.807, 2.05) is 0 Å². The molecule has 0 aliphatic rings. The van der Waals surface area contributed by atoms with E-state index in [9.17, 15) is 21.9 Å². The van der Waals surface area contributed by atoms with Gasteiger partial charge < -0.3 is 5.11 Å². The normalized spacial score (nSPS) is 13.7. The SMILES string of the molecule is Cc1ccc(S(=O)(=O)N=C([O-])[C@@H](C)OS(=O)(=O)c2ccc(C)cc2)cc1.[K+]. The topological polar surface area (TPSA) is 113 Å². The molecule has 2 aromatic rings. The van der Waals surface area contributed by atoms with E-state index in [1.165, 1.54) is 24.3 Å². The average molecular weight is 436 g/mol. The fourth-order valence-corrected chi connectivity index (χ4v) is 3.96.